The van der Waals surface area contributed by atoms with Gasteiger partial charge in [0.2, 0.25) is 5.88 Å². The Labute approximate surface area is 190 Å². The summed E-state index contributed by atoms with van der Waals surface area (Å²) in [6.07, 6.45) is 3.55. The van der Waals surface area contributed by atoms with Crippen LogP contribution in [-0.4, -0.2) is 72.1 Å². The smallest absolute Gasteiger partial charge is 0.213 e. The van der Waals surface area contributed by atoms with Crippen LogP contribution in [0.4, 0.5) is 0 Å². The van der Waals surface area contributed by atoms with Crippen LogP contribution in [0.3, 0.4) is 0 Å². The highest BCUT2D eigenvalue weighted by atomic mass is 32.2. The van der Waals surface area contributed by atoms with Crippen molar-refractivity contribution in [1.29, 1.82) is 0 Å². The summed E-state index contributed by atoms with van der Waals surface area (Å²) in [5, 5.41) is 15.7. The average molecular weight is 459 g/mol. The van der Waals surface area contributed by atoms with Gasteiger partial charge in [-0.15, -0.1) is 11.3 Å². The Hall–Kier alpha value is -2.13. The molecule has 0 saturated heterocycles. The standard InChI is InChI=1S/C23H30N4O2S2/c1-26(2)11-8-17-14-31(19-5-6-20(29-4)25-22(17)19)15-27(3)12-9-16-13-30-23-21(16)18(28)7-10-24-23/h5-7,10,13-14,31H,8-9,11-12,15H2,1-4H3,(H,24,28). The van der Waals surface area contributed by atoms with E-state index >= 15 is 0 Å². The summed E-state index contributed by atoms with van der Waals surface area (Å²) in [6.45, 7) is 1.94. The van der Waals surface area contributed by atoms with Gasteiger partial charge in [0.15, 0.2) is 0 Å². The number of ether oxygens (including phenoxy) is 1. The van der Waals surface area contributed by atoms with E-state index in [1.807, 2.05) is 6.07 Å². The normalized spacial score (nSPS) is 16.8. The molecule has 0 saturated carbocycles. The Morgan fingerprint density at radius 2 is 1.97 bits per heavy atom. The first-order valence-corrected chi connectivity index (χ1v) is 12.8. The first kappa shape index (κ1) is 22.1. The number of hydrogen-bond donors (Lipinski definition) is 2. The van der Waals surface area contributed by atoms with Crippen molar-refractivity contribution >= 4 is 38.0 Å². The molecule has 0 aliphatic carbocycles. The molecule has 31 heavy (non-hydrogen) atoms. The van der Waals surface area contributed by atoms with Gasteiger partial charge in [0.05, 0.1) is 18.2 Å². The molecule has 0 spiro atoms. The Bertz CT molecular complexity index is 1100. The van der Waals surface area contributed by atoms with Gasteiger partial charge in [0, 0.05) is 36.1 Å². The lowest BCUT2D eigenvalue weighted by atomic mass is 10.1. The third kappa shape index (κ3) is 4.87. The molecular weight excluding hydrogens is 428 g/mol. The van der Waals surface area contributed by atoms with Gasteiger partial charge in [-0.25, -0.2) is 9.97 Å². The fraction of sp³-hybridized carbons (Fsp3) is 0.391. The van der Waals surface area contributed by atoms with E-state index in [0.717, 1.165) is 47.7 Å². The molecule has 1 atom stereocenters. The summed E-state index contributed by atoms with van der Waals surface area (Å²) in [5.41, 5.74) is 3.62. The number of aromatic nitrogens is 2. The van der Waals surface area contributed by atoms with E-state index in [1.54, 1.807) is 30.7 Å². The van der Waals surface area contributed by atoms with Gasteiger partial charge in [-0.05, 0) is 68.0 Å². The molecule has 1 N–H and O–H groups in total. The molecule has 166 valence electrons. The summed E-state index contributed by atoms with van der Waals surface area (Å²) < 4.78 is 5.38. The van der Waals surface area contributed by atoms with Gasteiger partial charge in [-0.3, -0.25) is 4.90 Å². The van der Waals surface area contributed by atoms with Crippen molar-refractivity contribution in [2.45, 2.75) is 17.7 Å². The van der Waals surface area contributed by atoms with Crippen LogP contribution in [0, 0.1) is 0 Å². The van der Waals surface area contributed by atoms with E-state index in [-0.39, 0.29) is 0 Å². The van der Waals surface area contributed by atoms with Crippen LogP contribution in [0.5, 0.6) is 11.6 Å². The van der Waals surface area contributed by atoms with Crippen molar-refractivity contribution in [2.24, 2.45) is 0 Å². The molecule has 0 aromatic carbocycles. The van der Waals surface area contributed by atoms with E-state index in [4.69, 9.17) is 9.72 Å². The van der Waals surface area contributed by atoms with E-state index in [9.17, 15) is 5.11 Å². The lowest BCUT2D eigenvalue weighted by Crippen LogP contribution is -2.22. The van der Waals surface area contributed by atoms with Crippen molar-refractivity contribution in [3.8, 4) is 11.6 Å². The number of aromatic hydroxyl groups is 1. The molecule has 6 nitrogen and oxygen atoms in total. The highest BCUT2D eigenvalue weighted by molar-refractivity contribution is 8.20. The molecule has 4 rings (SSSR count). The minimum Gasteiger partial charge on any atom is -0.507 e. The average Bonchev–Trinajstić information content (AvgIpc) is 3.32. The Kier molecular flexibility index (Phi) is 6.81. The molecule has 3 aromatic rings. The van der Waals surface area contributed by atoms with E-state index < -0.39 is 10.9 Å². The fourth-order valence-electron chi connectivity index (χ4n) is 3.81. The summed E-state index contributed by atoms with van der Waals surface area (Å²) in [7, 11) is 7.63. The van der Waals surface area contributed by atoms with Crippen LogP contribution in [0.15, 0.2) is 40.1 Å². The van der Waals surface area contributed by atoms with Crippen LogP contribution < -0.4 is 4.74 Å². The van der Waals surface area contributed by atoms with Crippen molar-refractivity contribution in [2.75, 3.05) is 47.2 Å². The first-order chi connectivity index (χ1) is 15.0. The zero-order valence-electron chi connectivity index (χ0n) is 18.5. The quantitative estimate of drug-likeness (QED) is 0.469. The van der Waals surface area contributed by atoms with Gasteiger partial charge in [0.25, 0.3) is 0 Å². The molecule has 8 heteroatoms. The number of thiol groups is 1. The lowest BCUT2D eigenvalue weighted by molar-refractivity contribution is 0.395. The molecule has 3 aromatic heterocycles. The van der Waals surface area contributed by atoms with Gasteiger partial charge >= 0.3 is 0 Å². The Morgan fingerprint density at radius 3 is 2.74 bits per heavy atom. The third-order valence-corrected chi connectivity index (χ3v) is 8.82. The molecule has 4 heterocycles. The zero-order valence-corrected chi connectivity index (χ0v) is 20.2. The van der Waals surface area contributed by atoms with Crippen LogP contribution in [0.1, 0.15) is 17.7 Å². The van der Waals surface area contributed by atoms with Gasteiger partial charge in [0.1, 0.15) is 10.6 Å². The minimum absolute atomic E-state index is 0.325. The van der Waals surface area contributed by atoms with Gasteiger partial charge < -0.3 is 14.7 Å². The van der Waals surface area contributed by atoms with E-state index in [2.05, 4.69) is 52.8 Å². The summed E-state index contributed by atoms with van der Waals surface area (Å²) in [6, 6.07) is 5.84. The number of likely N-dealkylation sites (N-methyl/N-ethyl adjacent to an activating group) is 1. The highest BCUT2D eigenvalue weighted by Gasteiger charge is 2.24. The highest BCUT2D eigenvalue weighted by Crippen LogP contribution is 2.50. The molecule has 1 aliphatic rings. The summed E-state index contributed by atoms with van der Waals surface area (Å²) in [5.74, 6) is 2.00. The lowest BCUT2D eigenvalue weighted by Gasteiger charge is -2.23. The second-order valence-electron chi connectivity index (χ2n) is 8.14. The Balaban J connectivity index is 1.46. The number of thiophene rings is 1. The second kappa shape index (κ2) is 9.56. The number of rotatable bonds is 9. The van der Waals surface area contributed by atoms with E-state index in [1.165, 1.54) is 16.0 Å². The summed E-state index contributed by atoms with van der Waals surface area (Å²) in [4.78, 5) is 16.0. The molecule has 0 bridgehead atoms. The Morgan fingerprint density at radius 1 is 1.13 bits per heavy atom. The van der Waals surface area contributed by atoms with Crippen LogP contribution >= 0.6 is 22.2 Å². The van der Waals surface area contributed by atoms with Crippen molar-refractivity contribution in [3.63, 3.8) is 0 Å². The molecule has 1 aliphatic heterocycles. The van der Waals surface area contributed by atoms with E-state index in [0.29, 0.717) is 11.6 Å². The monoisotopic (exact) mass is 458 g/mol. The van der Waals surface area contributed by atoms with Crippen molar-refractivity contribution < 1.29 is 9.84 Å². The maximum absolute atomic E-state index is 10.2. The maximum Gasteiger partial charge on any atom is 0.213 e. The topological polar surface area (TPSA) is 61.7 Å². The molecule has 0 fully saturated rings. The predicted molar refractivity (Wildman–Crippen MR) is 132 cm³/mol. The predicted octanol–water partition coefficient (Wildman–Crippen LogP) is 4.20. The number of hydrogen-bond acceptors (Lipinski definition) is 7. The number of nitrogens with zero attached hydrogens (tertiary/aromatic N) is 4. The minimum atomic E-state index is -0.430. The van der Waals surface area contributed by atoms with Crippen molar-refractivity contribution in [3.05, 3.63) is 46.4 Å². The first-order valence-electron chi connectivity index (χ1n) is 10.4. The summed E-state index contributed by atoms with van der Waals surface area (Å²) >= 11 is 1.60. The maximum atomic E-state index is 10.2. The van der Waals surface area contributed by atoms with Crippen LogP contribution in [0.2, 0.25) is 0 Å². The number of methoxy groups -OCH3 is 1. The zero-order chi connectivity index (χ0) is 22.0. The molecule has 0 amide bonds. The number of pyridine rings is 2. The van der Waals surface area contributed by atoms with Crippen molar-refractivity contribution in [1.82, 2.24) is 19.8 Å². The van der Waals surface area contributed by atoms with Crippen LogP contribution in [0.25, 0.3) is 15.8 Å². The van der Waals surface area contributed by atoms with Gasteiger partial charge in [-0.1, -0.05) is 0 Å². The SMILES string of the molecule is COc1ccc2c(n1)C(CCN(C)C)=C[SH]2CN(C)CCc1csc2nccc(O)c12. The fourth-order valence-corrected chi connectivity index (χ4v) is 7.17. The largest absolute Gasteiger partial charge is 0.507 e. The number of fused-ring (bicyclic) bond motifs is 2. The van der Waals surface area contributed by atoms with Crippen LogP contribution in [-0.2, 0) is 6.42 Å². The second-order valence-corrected chi connectivity index (χ2v) is 11.0. The molecule has 1 unspecified atom stereocenters. The molecular formula is C23H30N4O2S2. The molecule has 0 radical (unpaired) electrons. The van der Waals surface area contributed by atoms with Gasteiger partial charge in [-0.2, -0.15) is 10.9 Å². The third-order valence-electron chi connectivity index (χ3n) is 5.50.